The van der Waals surface area contributed by atoms with Crippen molar-refractivity contribution in [1.29, 1.82) is 0 Å². The number of piperidine rings is 1. The topological polar surface area (TPSA) is 29.3 Å². The van der Waals surface area contributed by atoms with Crippen molar-refractivity contribution >= 4 is 17.3 Å². The highest BCUT2D eigenvalue weighted by Gasteiger charge is 2.28. The Labute approximate surface area is 80.1 Å². The van der Waals surface area contributed by atoms with Crippen molar-refractivity contribution in [3.8, 4) is 0 Å². The lowest BCUT2D eigenvalue weighted by Gasteiger charge is -2.39. The number of rotatable bonds is 1. The van der Waals surface area contributed by atoms with Crippen LogP contribution in [0.3, 0.4) is 0 Å². The van der Waals surface area contributed by atoms with Crippen LogP contribution in [0.4, 0.5) is 0 Å². The van der Waals surface area contributed by atoms with E-state index in [0.29, 0.717) is 10.5 Å². The third-order valence-corrected chi connectivity index (χ3v) is 3.39. The standard InChI is InChI=1S/C9H18N2S/c1-3-9(2)4-6-11(7-5-9)8(10)12/h3-7H2,1-2H3,(H2,10,12). The van der Waals surface area contributed by atoms with E-state index in [-0.39, 0.29) is 0 Å². The summed E-state index contributed by atoms with van der Waals surface area (Å²) in [6.45, 7) is 6.69. The minimum atomic E-state index is 0.529. The van der Waals surface area contributed by atoms with Gasteiger partial charge in [0.2, 0.25) is 0 Å². The molecule has 12 heavy (non-hydrogen) atoms. The first kappa shape index (κ1) is 9.78. The molecule has 0 atom stereocenters. The van der Waals surface area contributed by atoms with Gasteiger partial charge in [0, 0.05) is 13.1 Å². The molecule has 0 unspecified atom stereocenters. The average molecular weight is 186 g/mol. The van der Waals surface area contributed by atoms with Gasteiger partial charge in [-0.1, -0.05) is 20.3 Å². The molecule has 0 aromatic heterocycles. The van der Waals surface area contributed by atoms with E-state index in [1.54, 1.807) is 0 Å². The molecule has 2 nitrogen and oxygen atoms in total. The number of likely N-dealkylation sites (tertiary alicyclic amines) is 1. The second-order valence-electron chi connectivity index (χ2n) is 3.99. The molecule has 1 fully saturated rings. The molecule has 3 heteroatoms. The molecule has 0 radical (unpaired) electrons. The van der Waals surface area contributed by atoms with Gasteiger partial charge in [0.05, 0.1) is 0 Å². The lowest BCUT2D eigenvalue weighted by molar-refractivity contribution is 0.163. The lowest BCUT2D eigenvalue weighted by Crippen LogP contribution is -2.44. The van der Waals surface area contributed by atoms with Crippen LogP contribution < -0.4 is 5.73 Å². The van der Waals surface area contributed by atoms with Crippen LogP contribution in [-0.2, 0) is 0 Å². The van der Waals surface area contributed by atoms with Crippen LogP contribution in [0.2, 0.25) is 0 Å². The predicted molar refractivity (Wildman–Crippen MR) is 56.0 cm³/mol. The third-order valence-electron chi connectivity index (χ3n) is 3.14. The number of thiocarbonyl (C=S) groups is 1. The number of hydrogen-bond donors (Lipinski definition) is 1. The Bertz CT molecular complexity index is 171. The molecule has 0 aliphatic carbocycles. The monoisotopic (exact) mass is 186 g/mol. The highest BCUT2D eigenvalue weighted by atomic mass is 32.1. The number of nitrogens with two attached hydrogens (primary N) is 1. The Kier molecular flexibility index (Phi) is 2.94. The molecule has 0 spiro atoms. The zero-order valence-electron chi connectivity index (χ0n) is 7.97. The molecule has 1 rings (SSSR count). The summed E-state index contributed by atoms with van der Waals surface area (Å²) in [4.78, 5) is 2.10. The maximum atomic E-state index is 5.55. The fourth-order valence-electron chi connectivity index (χ4n) is 1.62. The Morgan fingerprint density at radius 1 is 1.50 bits per heavy atom. The summed E-state index contributed by atoms with van der Waals surface area (Å²) in [5, 5.41) is 0.563. The average Bonchev–Trinajstić information content (AvgIpc) is 2.05. The molecule has 1 aliphatic rings. The normalized spacial score (nSPS) is 22.3. The highest BCUT2D eigenvalue weighted by molar-refractivity contribution is 7.80. The summed E-state index contributed by atoms with van der Waals surface area (Å²) < 4.78 is 0. The molecular formula is C9H18N2S. The Morgan fingerprint density at radius 3 is 2.33 bits per heavy atom. The molecule has 2 N–H and O–H groups in total. The van der Waals surface area contributed by atoms with E-state index in [1.807, 2.05) is 0 Å². The van der Waals surface area contributed by atoms with Gasteiger partial charge in [0.15, 0.2) is 5.11 Å². The van der Waals surface area contributed by atoms with E-state index in [9.17, 15) is 0 Å². The molecule has 0 aromatic rings. The van der Waals surface area contributed by atoms with Gasteiger partial charge in [0.25, 0.3) is 0 Å². The summed E-state index contributed by atoms with van der Waals surface area (Å²) in [5.74, 6) is 0. The largest absolute Gasteiger partial charge is 0.376 e. The zero-order chi connectivity index (χ0) is 9.19. The number of hydrogen-bond acceptors (Lipinski definition) is 1. The van der Waals surface area contributed by atoms with Crippen molar-refractivity contribution in [3.05, 3.63) is 0 Å². The first-order chi connectivity index (χ1) is 5.57. The second kappa shape index (κ2) is 3.60. The minimum absolute atomic E-state index is 0.529. The van der Waals surface area contributed by atoms with E-state index < -0.39 is 0 Å². The third kappa shape index (κ3) is 2.09. The predicted octanol–water partition coefficient (Wildman–Crippen LogP) is 1.74. The van der Waals surface area contributed by atoms with Crippen LogP contribution in [0.1, 0.15) is 33.1 Å². The molecule has 0 aromatic carbocycles. The van der Waals surface area contributed by atoms with Gasteiger partial charge in [-0.3, -0.25) is 0 Å². The van der Waals surface area contributed by atoms with Crippen LogP contribution in [0.5, 0.6) is 0 Å². The molecule has 1 saturated heterocycles. The van der Waals surface area contributed by atoms with E-state index in [2.05, 4.69) is 18.7 Å². The highest BCUT2D eigenvalue weighted by Crippen LogP contribution is 2.33. The number of nitrogens with zero attached hydrogens (tertiary/aromatic N) is 1. The van der Waals surface area contributed by atoms with Crippen molar-refractivity contribution in [3.63, 3.8) is 0 Å². The van der Waals surface area contributed by atoms with Crippen LogP contribution >= 0.6 is 12.2 Å². The Hall–Kier alpha value is -0.310. The molecule has 0 bridgehead atoms. The van der Waals surface area contributed by atoms with Gasteiger partial charge in [-0.05, 0) is 30.5 Å². The second-order valence-corrected chi connectivity index (χ2v) is 4.41. The van der Waals surface area contributed by atoms with Crippen LogP contribution in [0.15, 0.2) is 0 Å². The SMILES string of the molecule is CCC1(C)CCN(C(N)=S)CC1. The van der Waals surface area contributed by atoms with Crippen molar-refractivity contribution in [2.45, 2.75) is 33.1 Å². The fourth-order valence-corrected chi connectivity index (χ4v) is 1.80. The van der Waals surface area contributed by atoms with E-state index >= 15 is 0 Å². The van der Waals surface area contributed by atoms with E-state index in [1.165, 1.54) is 19.3 Å². The van der Waals surface area contributed by atoms with Crippen molar-refractivity contribution in [1.82, 2.24) is 4.90 Å². The minimum Gasteiger partial charge on any atom is -0.376 e. The summed E-state index contributed by atoms with van der Waals surface area (Å²) in [6, 6.07) is 0. The van der Waals surface area contributed by atoms with Crippen LogP contribution in [0.25, 0.3) is 0 Å². The molecule has 70 valence electrons. The van der Waals surface area contributed by atoms with Crippen molar-refractivity contribution < 1.29 is 0 Å². The van der Waals surface area contributed by atoms with E-state index in [4.69, 9.17) is 18.0 Å². The van der Waals surface area contributed by atoms with Crippen LogP contribution in [-0.4, -0.2) is 23.1 Å². The Morgan fingerprint density at radius 2 is 2.00 bits per heavy atom. The maximum Gasteiger partial charge on any atom is 0.166 e. The lowest BCUT2D eigenvalue weighted by atomic mass is 9.78. The van der Waals surface area contributed by atoms with Crippen molar-refractivity contribution in [2.24, 2.45) is 11.1 Å². The first-order valence-corrected chi connectivity index (χ1v) is 5.02. The van der Waals surface area contributed by atoms with Gasteiger partial charge in [-0.25, -0.2) is 0 Å². The Balaban J connectivity index is 2.44. The fraction of sp³-hybridized carbons (Fsp3) is 0.889. The summed E-state index contributed by atoms with van der Waals surface area (Å²) >= 11 is 4.93. The first-order valence-electron chi connectivity index (χ1n) is 4.62. The zero-order valence-corrected chi connectivity index (χ0v) is 8.78. The summed E-state index contributed by atoms with van der Waals surface area (Å²) in [6.07, 6.45) is 3.71. The molecule has 1 heterocycles. The van der Waals surface area contributed by atoms with Crippen molar-refractivity contribution in [2.75, 3.05) is 13.1 Å². The van der Waals surface area contributed by atoms with Gasteiger partial charge >= 0.3 is 0 Å². The molecule has 1 aliphatic heterocycles. The maximum absolute atomic E-state index is 5.55. The van der Waals surface area contributed by atoms with Gasteiger partial charge in [-0.15, -0.1) is 0 Å². The quantitative estimate of drug-likeness (QED) is 0.633. The molecular weight excluding hydrogens is 168 g/mol. The van der Waals surface area contributed by atoms with Gasteiger partial charge < -0.3 is 10.6 Å². The van der Waals surface area contributed by atoms with Gasteiger partial charge in [-0.2, -0.15) is 0 Å². The summed E-state index contributed by atoms with van der Waals surface area (Å²) in [5.41, 5.74) is 6.08. The smallest absolute Gasteiger partial charge is 0.166 e. The van der Waals surface area contributed by atoms with E-state index in [0.717, 1.165) is 13.1 Å². The van der Waals surface area contributed by atoms with Crippen LogP contribution in [0, 0.1) is 5.41 Å². The molecule has 0 saturated carbocycles. The molecule has 0 amide bonds. The van der Waals surface area contributed by atoms with Gasteiger partial charge in [0.1, 0.15) is 0 Å². The summed E-state index contributed by atoms with van der Waals surface area (Å²) in [7, 11) is 0.